The van der Waals surface area contributed by atoms with Crippen molar-refractivity contribution >= 4 is 0 Å². The fourth-order valence-corrected chi connectivity index (χ4v) is 2.06. The summed E-state index contributed by atoms with van der Waals surface area (Å²) in [6.07, 6.45) is -2.69. The van der Waals surface area contributed by atoms with Gasteiger partial charge in [0.15, 0.2) is 0 Å². The molecule has 0 aliphatic carbocycles. The maximum Gasteiger partial charge on any atom is 0.573 e. The second-order valence-electron chi connectivity index (χ2n) is 4.49. The highest BCUT2D eigenvalue weighted by Crippen LogP contribution is 2.33. The molecule has 0 radical (unpaired) electrons. The van der Waals surface area contributed by atoms with Crippen LogP contribution >= 0.6 is 0 Å². The quantitative estimate of drug-likeness (QED) is 0.747. The molecule has 0 aromatic heterocycles. The SMILES string of the molecule is CCCc1ccc(-c2ccccc2OC(F)(F)F)cc1. The van der Waals surface area contributed by atoms with Crippen LogP contribution in [0.25, 0.3) is 11.1 Å². The monoisotopic (exact) mass is 280 g/mol. The molecule has 0 aliphatic heterocycles. The van der Waals surface area contributed by atoms with E-state index < -0.39 is 6.36 Å². The van der Waals surface area contributed by atoms with Crippen LogP contribution in [-0.2, 0) is 6.42 Å². The van der Waals surface area contributed by atoms with Crippen molar-refractivity contribution in [2.24, 2.45) is 0 Å². The van der Waals surface area contributed by atoms with Gasteiger partial charge >= 0.3 is 6.36 Å². The summed E-state index contributed by atoms with van der Waals surface area (Å²) in [7, 11) is 0. The van der Waals surface area contributed by atoms with Gasteiger partial charge in [-0.05, 0) is 23.6 Å². The van der Waals surface area contributed by atoms with Gasteiger partial charge in [0.25, 0.3) is 0 Å². The third kappa shape index (κ3) is 3.76. The number of para-hydroxylation sites is 1. The number of benzene rings is 2. The first-order valence-electron chi connectivity index (χ1n) is 6.43. The van der Waals surface area contributed by atoms with Crippen molar-refractivity contribution in [1.82, 2.24) is 0 Å². The standard InChI is InChI=1S/C16H15F3O/c1-2-5-12-8-10-13(11-9-12)14-6-3-4-7-15(14)20-16(17,18)19/h3-4,6-11H,2,5H2,1H3. The molecule has 2 aromatic carbocycles. The Balaban J connectivity index is 2.32. The lowest BCUT2D eigenvalue weighted by Crippen LogP contribution is -2.17. The molecule has 2 rings (SSSR count). The molecule has 0 fully saturated rings. The fraction of sp³-hybridized carbons (Fsp3) is 0.250. The van der Waals surface area contributed by atoms with Crippen LogP contribution in [0.4, 0.5) is 13.2 Å². The van der Waals surface area contributed by atoms with Crippen LogP contribution < -0.4 is 4.74 Å². The maximum absolute atomic E-state index is 12.4. The summed E-state index contributed by atoms with van der Waals surface area (Å²) in [5.41, 5.74) is 2.32. The number of aryl methyl sites for hydroxylation is 1. The molecule has 0 atom stereocenters. The van der Waals surface area contributed by atoms with Gasteiger partial charge in [-0.3, -0.25) is 0 Å². The van der Waals surface area contributed by atoms with Gasteiger partial charge in [-0.1, -0.05) is 55.8 Å². The summed E-state index contributed by atoms with van der Waals surface area (Å²) in [6.45, 7) is 2.08. The fourth-order valence-electron chi connectivity index (χ4n) is 2.06. The van der Waals surface area contributed by atoms with E-state index in [4.69, 9.17) is 0 Å². The summed E-state index contributed by atoms with van der Waals surface area (Å²) in [5, 5.41) is 0. The highest BCUT2D eigenvalue weighted by atomic mass is 19.4. The second-order valence-corrected chi connectivity index (χ2v) is 4.49. The summed E-state index contributed by atoms with van der Waals surface area (Å²) in [6, 6.07) is 13.7. The molecule has 0 bridgehead atoms. The Hall–Kier alpha value is -1.97. The summed E-state index contributed by atoms with van der Waals surface area (Å²) >= 11 is 0. The van der Waals surface area contributed by atoms with Gasteiger partial charge < -0.3 is 4.74 Å². The molecule has 0 saturated carbocycles. The van der Waals surface area contributed by atoms with E-state index in [1.165, 1.54) is 17.7 Å². The van der Waals surface area contributed by atoms with Crippen LogP contribution in [0.1, 0.15) is 18.9 Å². The van der Waals surface area contributed by atoms with Gasteiger partial charge in [0.2, 0.25) is 0 Å². The highest BCUT2D eigenvalue weighted by Gasteiger charge is 2.32. The first-order valence-corrected chi connectivity index (χ1v) is 6.43. The minimum absolute atomic E-state index is 0.178. The number of halogens is 3. The predicted molar refractivity (Wildman–Crippen MR) is 72.6 cm³/mol. The van der Waals surface area contributed by atoms with Crippen molar-refractivity contribution in [2.45, 2.75) is 26.1 Å². The average molecular weight is 280 g/mol. The van der Waals surface area contributed by atoms with Gasteiger partial charge in [-0.2, -0.15) is 0 Å². The Morgan fingerprint density at radius 3 is 2.20 bits per heavy atom. The zero-order valence-electron chi connectivity index (χ0n) is 11.1. The van der Waals surface area contributed by atoms with E-state index in [0.717, 1.165) is 12.8 Å². The largest absolute Gasteiger partial charge is 0.573 e. The Morgan fingerprint density at radius 2 is 1.60 bits per heavy atom. The average Bonchev–Trinajstić information content (AvgIpc) is 2.39. The van der Waals surface area contributed by atoms with E-state index in [9.17, 15) is 13.2 Å². The number of alkyl halides is 3. The molecule has 2 aromatic rings. The van der Waals surface area contributed by atoms with Crippen molar-refractivity contribution in [3.8, 4) is 16.9 Å². The zero-order chi connectivity index (χ0) is 14.6. The molecule has 4 heteroatoms. The Bertz CT molecular complexity index is 559. The predicted octanol–water partition coefficient (Wildman–Crippen LogP) is 5.20. The lowest BCUT2D eigenvalue weighted by molar-refractivity contribution is -0.274. The van der Waals surface area contributed by atoms with E-state index in [1.54, 1.807) is 12.1 Å². The summed E-state index contributed by atoms with van der Waals surface area (Å²) < 4.78 is 41.2. The van der Waals surface area contributed by atoms with Crippen molar-refractivity contribution in [1.29, 1.82) is 0 Å². The van der Waals surface area contributed by atoms with Crippen LogP contribution in [0.5, 0.6) is 5.75 Å². The molecule has 0 spiro atoms. The normalized spacial score (nSPS) is 11.4. The Morgan fingerprint density at radius 1 is 0.950 bits per heavy atom. The second kappa shape index (κ2) is 5.99. The molecule has 0 amide bonds. The number of hydrogen-bond donors (Lipinski definition) is 0. The van der Waals surface area contributed by atoms with E-state index >= 15 is 0 Å². The molecule has 0 N–H and O–H groups in total. The van der Waals surface area contributed by atoms with E-state index in [0.29, 0.717) is 11.1 Å². The molecule has 1 nitrogen and oxygen atoms in total. The molecule has 0 heterocycles. The zero-order valence-corrected chi connectivity index (χ0v) is 11.1. The number of rotatable bonds is 4. The summed E-state index contributed by atoms with van der Waals surface area (Å²) in [5.74, 6) is -0.178. The first kappa shape index (κ1) is 14.4. The first-order chi connectivity index (χ1) is 9.49. The third-order valence-electron chi connectivity index (χ3n) is 2.92. The number of ether oxygens (including phenoxy) is 1. The van der Waals surface area contributed by atoms with Crippen molar-refractivity contribution < 1.29 is 17.9 Å². The third-order valence-corrected chi connectivity index (χ3v) is 2.92. The topological polar surface area (TPSA) is 9.23 Å². The van der Waals surface area contributed by atoms with Crippen molar-refractivity contribution in [3.63, 3.8) is 0 Å². The minimum Gasteiger partial charge on any atom is -0.405 e. The van der Waals surface area contributed by atoms with E-state index in [1.807, 2.05) is 24.3 Å². The molecule has 0 aliphatic rings. The van der Waals surface area contributed by atoms with E-state index in [2.05, 4.69) is 11.7 Å². The Labute approximate surface area is 116 Å². The molecular formula is C16H15F3O. The van der Waals surface area contributed by atoms with Gasteiger partial charge in [0, 0.05) is 5.56 Å². The van der Waals surface area contributed by atoms with Crippen LogP contribution in [0, 0.1) is 0 Å². The van der Waals surface area contributed by atoms with Crippen LogP contribution in [0.2, 0.25) is 0 Å². The van der Waals surface area contributed by atoms with Crippen LogP contribution in [0.3, 0.4) is 0 Å². The maximum atomic E-state index is 12.4. The lowest BCUT2D eigenvalue weighted by Gasteiger charge is -2.13. The Kier molecular flexibility index (Phi) is 4.32. The van der Waals surface area contributed by atoms with Crippen molar-refractivity contribution in [3.05, 3.63) is 54.1 Å². The molecule has 106 valence electrons. The molecule has 0 saturated heterocycles. The molecule has 20 heavy (non-hydrogen) atoms. The molecule has 0 unspecified atom stereocenters. The lowest BCUT2D eigenvalue weighted by atomic mass is 10.0. The van der Waals surface area contributed by atoms with Gasteiger partial charge in [-0.25, -0.2) is 0 Å². The summed E-state index contributed by atoms with van der Waals surface area (Å²) in [4.78, 5) is 0. The van der Waals surface area contributed by atoms with Crippen LogP contribution in [-0.4, -0.2) is 6.36 Å². The molecular weight excluding hydrogens is 265 g/mol. The van der Waals surface area contributed by atoms with Gasteiger partial charge in [0.1, 0.15) is 5.75 Å². The van der Waals surface area contributed by atoms with Gasteiger partial charge in [0.05, 0.1) is 0 Å². The minimum atomic E-state index is -4.68. The van der Waals surface area contributed by atoms with Crippen LogP contribution in [0.15, 0.2) is 48.5 Å². The van der Waals surface area contributed by atoms with Crippen molar-refractivity contribution in [2.75, 3.05) is 0 Å². The number of hydrogen-bond acceptors (Lipinski definition) is 1. The van der Waals surface area contributed by atoms with E-state index in [-0.39, 0.29) is 5.75 Å². The smallest absolute Gasteiger partial charge is 0.405 e. The highest BCUT2D eigenvalue weighted by molar-refractivity contribution is 5.70. The van der Waals surface area contributed by atoms with Gasteiger partial charge in [-0.15, -0.1) is 13.2 Å².